The van der Waals surface area contributed by atoms with Crippen molar-refractivity contribution in [3.05, 3.63) is 0 Å². The fourth-order valence-corrected chi connectivity index (χ4v) is 3.51. The summed E-state index contributed by atoms with van der Waals surface area (Å²) < 4.78 is 30.7. The van der Waals surface area contributed by atoms with E-state index in [2.05, 4.69) is 5.32 Å². The summed E-state index contributed by atoms with van der Waals surface area (Å²) in [5.74, 6) is 0. The molecular weight excluding hydrogens is 228 g/mol. The van der Waals surface area contributed by atoms with Gasteiger partial charge in [-0.2, -0.15) is 0 Å². The quantitative estimate of drug-likeness (QED) is 0.748. The van der Waals surface area contributed by atoms with Crippen molar-refractivity contribution in [2.24, 2.45) is 0 Å². The summed E-state index contributed by atoms with van der Waals surface area (Å²) in [6.07, 6.45) is 1.77. The van der Waals surface area contributed by atoms with Crippen LogP contribution >= 0.6 is 0 Å². The van der Waals surface area contributed by atoms with Crippen LogP contribution in [0.3, 0.4) is 0 Å². The third kappa shape index (κ3) is 3.16. The molecule has 1 atom stereocenters. The van der Waals surface area contributed by atoms with Crippen LogP contribution < -0.4 is 5.32 Å². The van der Waals surface area contributed by atoms with Crippen LogP contribution in [0, 0.1) is 0 Å². The largest absolute Gasteiger partial charge is 0.383 e. The molecule has 0 aromatic rings. The molecule has 0 aromatic carbocycles. The van der Waals surface area contributed by atoms with Crippen LogP contribution in [-0.2, 0) is 14.8 Å². The van der Waals surface area contributed by atoms with E-state index in [4.69, 9.17) is 4.74 Å². The molecule has 0 aromatic heterocycles. The van der Waals surface area contributed by atoms with Crippen LogP contribution in [0.2, 0.25) is 0 Å². The lowest BCUT2D eigenvalue weighted by Crippen LogP contribution is -2.47. The zero-order valence-corrected chi connectivity index (χ0v) is 11.1. The van der Waals surface area contributed by atoms with Gasteiger partial charge in [-0.1, -0.05) is 0 Å². The highest BCUT2D eigenvalue weighted by molar-refractivity contribution is 7.89. The van der Waals surface area contributed by atoms with Gasteiger partial charge in [0.05, 0.1) is 11.9 Å². The number of ether oxygens (including phenoxy) is 1. The van der Waals surface area contributed by atoms with E-state index in [0.29, 0.717) is 19.1 Å². The molecule has 0 bridgehead atoms. The minimum absolute atomic E-state index is 0.258. The van der Waals surface area contributed by atoms with Gasteiger partial charge in [0.25, 0.3) is 0 Å². The third-order valence-electron chi connectivity index (χ3n) is 3.13. The zero-order chi connectivity index (χ0) is 12.2. The lowest BCUT2D eigenvalue weighted by molar-refractivity contribution is 0.196. The van der Waals surface area contributed by atoms with Gasteiger partial charge in [-0.25, -0.2) is 12.7 Å². The van der Waals surface area contributed by atoms with E-state index in [1.54, 1.807) is 11.2 Å². The van der Waals surface area contributed by atoms with Gasteiger partial charge in [-0.3, -0.25) is 0 Å². The number of hydrogen-bond acceptors (Lipinski definition) is 4. The molecule has 16 heavy (non-hydrogen) atoms. The van der Waals surface area contributed by atoms with E-state index in [9.17, 15) is 8.42 Å². The van der Waals surface area contributed by atoms with Crippen molar-refractivity contribution >= 4 is 10.0 Å². The van der Waals surface area contributed by atoms with E-state index < -0.39 is 15.3 Å². The third-order valence-corrected chi connectivity index (χ3v) is 5.37. The van der Waals surface area contributed by atoms with Crippen LogP contribution in [0.5, 0.6) is 0 Å². The molecule has 1 rings (SSSR count). The summed E-state index contributed by atoms with van der Waals surface area (Å²) in [6.45, 7) is 3.18. The first-order valence-electron chi connectivity index (χ1n) is 5.67. The summed E-state index contributed by atoms with van der Waals surface area (Å²) in [6, 6.07) is 0.448. The molecule has 0 saturated carbocycles. The Morgan fingerprint density at radius 1 is 1.44 bits per heavy atom. The molecule has 0 radical (unpaired) electrons. The van der Waals surface area contributed by atoms with Crippen LogP contribution in [0.25, 0.3) is 0 Å². The molecular formula is C10H22N2O3S. The molecule has 1 saturated heterocycles. The highest BCUT2D eigenvalue weighted by Crippen LogP contribution is 2.17. The SMILES string of the molecule is CNC1CCN(S(=O)(=O)C(C)COC)CC1. The zero-order valence-electron chi connectivity index (χ0n) is 10.3. The van der Waals surface area contributed by atoms with E-state index in [1.165, 1.54) is 7.11 Å². The van der Waals surface area contributed by atoms with Gasteiger partial charge in [-0.05, 0) is 26.8 Å². The smallest absolute Gasteiger partial charge is 0.218 e. The average molecular weight is 250 g/mol. The highest BCUT2D eigenvalue weighted by Gasteiger charge is 2.31. The van der Waals surface area contributed by atoms with E-state index in [1.807, 2.05) is 7.05 Å². The minimum Gasteiger partial charge on any atom is -0.383 e. The number of hydrogen-bond donors (Lipinski definition) is 1. The normalized spacial score (nSPS) is 22.2. The van der Waals surface area contributed by atoms with Gasteiger partial charge in [0, 0.05) is 26.2 Å². The molecule has 0 aliphatic carbocycles. The van der Waals surface area contributed by atoms with Crippen molar-refractivity contribution < 1.29 is 13.2 Å². The Kier molecular flexibility index (Phi) is 5.17. The summed E-state index contributed by atoms with van der Waals surface area (Å²) >= 11 is 0. The van der Waals surface area contributed by atoms with Gasteiger partial charge >= 0.3 is 0 Å². The lowest BCUT2D eigenvalue weighted by atomic mass is 10.1. The number of methoxy groups -OCH3 is 1. The summed E-state index contributed by atoms with van der Waals surface area (Å²) in [4.78, 5) is 0. The lowest BCUT2D eigenvalue weighted by Gasteiger charge is -2.32. The molecule has 1 aliphatic rings. The second-order valence-electron chi connectivity index (χ2n) is 4.27. The maximum atomic E-state index is 12.1. The van der Waals surface area contributed by atoms with Crippen molar-refractivity contribution in [2.45, 2.75) is 31.1 Å². The van der Waals surface area contributed by atoms with E-state index in [-0.39, 0.29) is 6.61 Å². The first-order valence-corrected chi connectivity index (χ1v) is 7.17. The fraction of sp³-hybridized carbons (Fsp3) is 1.00. The van der Waals surface area contributed by atoms with Crippen LogP contribution in [0.1, 0.15) is 19.8 Å². The molecule has 6 heteroatoms. The summed E-state index contributed by atoms with van der Waals surface area (Å²) in [5, 5.41) is 2.73. The Morgan fingerprint density at radius 3 is 2.44 bits per heavy atom. The Labute approximate surface area is 98.2 Å². The second kappa shape index (κ2) is 5.95. The van der Waals surface area contributed by atoms with Crippen molar-refractivity contribution in [3.63, 3.8) is 0 Å². The summed E-state index contributed by atoms with van der Waals surface area (Å²) in [5.41, 5.74) is 0. The summed E-state index contributed by atoms with van der Waals surface area (Å²) in [7, 11) is 0.271. The monoisotopic (exact) mass is 250 g/mol. The highest BCUT2D eigenvalue weighted by atomic mass is 32.2. The van der Waals surface area contributed by atoms with Gasteiger partial charge in [0.2, 0.25) is 10.0 Å². The molecule has 96 valence electrons. The molecule has 5 nitrogen and oxygen atoms in total. The molecule has 0 amide bonds. The fourth-order valence-electron chi connectivity index (χ4n) is 1.97. The van der Waals surface area contributed by atoms with Crippen molar-refractivity contribution in [1.29, 1.82) is 0 Å². The van der Waals surface area contributed by atoms with Crippen molar-refractivity contribution in [1.82, 2.24) is 9.62 Å². The predicted molar refractivity (Wildman–Crippen MR) is 63.9 cm³/mol. The van der Waals surface area contributed by atoms with Crippen molar-refractivity contribution in [3.8, 4) is 0 Å². The molecule has 1 fully saturated rings. The molecule has 1 unspecified atom stereocenters. The first kappa shape index (κ1) is 13.9. The first-order chi connectivity index (χ1) is 7.52. The standard InChI is InChI=1S/C10H22N2O3S/c1-9(8-15-3)16(13,14)12-6-4-10(11-2)5-7-12/h9-11H,4-8H2,1-3H3. The minimum atomic E-state index is -3.18. The van der Waals surface area contributed by atoms with Gasteiger partial charge in [-0.15, -0.1) is 0 Å². The maximum absolute atomic E-state index is 12.1. The van der Waals surface area contributed by atoms with E-state index >= 15 is 0 Å². The molecule has 0 spiro atoms. The number of rotatable bonds is 5. The van der Waals surface area contributed by atoms with Crippen LogP contribution in [-0.4, -0.2) is 57.9 Å². The molecule has 1 heterocycles. The molecule has 1 N–H and O–H groups in total. The number of sulfonamides is 1. The van der Waals surface area contributed by atoms with E-state index in [0.717, 1.165) is 12.8 Å². The molecule has 1 aliphatic heterocycles. The Morgan fingerprint density at radius 2 is 2.00 bits per heavy atom. The van der Waals surface area contributed by atoms with Crippen LogP contribution in [0.4, 0.5) is 0 Å². The van der Waals surface area contributed by atoms with Crippen molar-refractivity contribution in [2.75, 3.05) is 33.9 Å². The van der Waals surface area contributed by atoms with Gasteiger partial charge in [0.15, 0.2) is 0 Å². The van der Waals surface area contributed by atoms with Gasteiger partial charge < -0.3 is 10.1 Å². The number of nitrogens with zero attached hydrogens (tertiary/aromatic N) is 1. The maximum Gasteiger partial charge on any atom is 0.218 e. The second-order valence-corrected chi connectivity index (χ2v) is 6.62. The Hall–Kier alpha value is -0.170. The average Bonchev–Trinajstić information content (AvgIpc) is 2.29. The van der Waals surface area contributed by atoms with Crippen LogP contribution in [0.15, 0.2) is 0 Å². The number of nitrogens with one attached hydrogen (secondary N) is 1. The van der Waals surface area contributed by atoms with Gasteiger partial charge in [0.1, 0.15) is 0 Å². The Bertz CT molecular complexity index is 297. The number of piperidine rings is 1. The topological polar surface area (TPSA) is 58.6 Å². The Balaban J connectivity index is 2.58. The predicted octanol–water partition coefficient (Wildman–Crippen LogP) is 0.0349.